The molecular weight excluding hydrogens is 210 g/mol. The van der Waals surface area contributed by atoms with E-state index in [0.717, 1.165) is 31.5 Å². The van der Waals surface area contributed by atoms with Gasteiger partial charge in [0.15, 0.2) is 0 Å². The maximum atomic E-state index is 4.37. The number of rotatable bonds is 6. The van der Waals surface area contributed by atoms with E-state index in [-0.39, 0.29) is 0 Å². The van der Waals surface area contributed by atoms with Gasteiger partial charge in [-0.25, -0.2) is 0 Å². The summed E-state index contributed by atoms with van der Waals surface area (Å²) < 4.78 is 0. The Morgan fingerprint density at radius 1 is 1.41 bits per heavy atom. The largest absolute Gasteiger partial charge is 0.319 e. The monoisotopic (exact) mass is 233 g/mol. The van der Waals surface area contributed by atoms with Crippen LogP contribution >= 0.6 is 0 Å². The first-order valence-electron chi connectivity index (χ1n) is 6.56. The first-order chi connectivity index (χ1) is 8.31. The summed E-state index contributed by atoms with van der Waals surface area (Å²) in [6.07, 6.45) is 5.66. The van der Waals surface area contributed by atoms with Crippen LogP contribution < -0.4 is 5.32 Å². The highest BCUT2D eigenvalue weighted by molar-refractivity contribution is 5.04. The average molecular weight is 233 g/mol. The van der Waals surface area contributed by atoms with Gasteiger partial charge in [-0.15, -0.1) is 0 Å². The highest BCUT2D eigenvalue weighted by Gasteiger charge is 2.32. The number of hydrogen-bond donors (Lipinski definition) is 1. The van der Waals surface area contributed by atoms with Crippen molar-refractivity contribution in [3.05, 3.63) is 30.1 Å². The fraction of sp³-hybridized carbons (Fsp3) is 0.643. The van der Waals surface area contributed by atoms with Crippen molar-refractivity contribution in [2.45, 2.75) is 25.3 Å². The van der Waals surface area contributed by atoms with Crippen molar-refractivity contribution < 1.29 is 0 Å². The van der Waals surface area contributed by atoms with E-state index < -0.39 is 0 Å². The first-order valence-corrected chi connectivity index (χ1v) is 6.56. The Kier molecular flexibility index (Phi) is 4.51. The normalized spacial score (nSPS) is 23.7. The lowest BCUT2D eigenvalue weighted by Gasteiger charge is -2.42. The van der Waals surface area contributed by atoms with Crippen LogP contribution in [0.15, 0.2) is 24.4 Å². The molecule has 0 bridgehead atoms. The zero-order chi connectivity index (χ0) is 12.1. The van der Waals surface area contributed by atoms with Crippen LogP contribution in [-0.2, 0) is 6.42 Å². The fourth-order valence-corrected chi connectivity index (χ4v) is 2.63. The Labute approximate surface area is 104 Å². The lowest BCUT2D eigenvalue weighted by molar-refractivity contribution is 0.0859. The van der Waals surface area contributed by atoms with E-state index in [0.29, 0.717) is 0 Å². The van der Waals surface area contributed by atoms with Crippen LogP contribution in [-0.4, -0.2) is 43.1 Å². The van der Waals surface area contributed by atoms with E-state index >= 15 is 0 Å². The third kappa shape index (κ3) is 3.27. The van der Waals surface area contributed by atoms with Crippen LogP contribution in [0.25, 0.3) is 0 Å². The molecule has 3 nitrogen and oxygen atoms in total. The summed E-state index contributed by atoms with van der Waals surface area (Å²) in [5.41, 5.74) is 1.20. The van der Waals surface area contributed by atoms with E-state index in [2.05, 4.69) is 34.4 Å². The molecule has 1 aromatic rings. The lowest BCUT2D eigenvalue weighted by atomic mass is 9.78. The van der Waals surface area contributed by atoms with Crippen molar-refractivity contribution >= 4 is 0 Å². The topological polar surface area (TPSA) is 28.2 Å². The molecule has 3 heteroatoms. The van der Waals surface area contributed by atoms with Gasteiger partial charge in [0.1, 0.15) is 0 Å². The summed E-state index contributed by atoms with van der Waals surface area (Å²) in [4.78, 5) is 6.87. The van der Waals surface area contributed by atoms with Gasteiger partial charge in [0.05, 0.1) is 0 Å². The first kappa shape index (κ1) is 12.5. The standard InChI is InChI=1S/C14H23N3/c1-15-11-12-6-7-14(12)17(2)10-8-13-5-3-4-9-16-13/h3-5,9,12,14-15H,6-8,10-11H2,1-2H3. The molecule has 1 aromatic heterocycles. The van der Waals surface area contributed by atoms with Gasteiger partial charge >= 0.3 is 0 Å². The quantitative estimate of drug-likeness (QED) is 0.808. The van der Waals surface area contributed by atoms with Gasteiger partial charge in [0.25, 0.3) is 0 Å². The van der Waals surface area contributed by atoms with Crippen LogP contribution in [0.2, 0.25) is 0 Å². The van der Waals surface area contributed by atoms with Crippen LogP contribution in [0.1, 0.15) is 18.5 Å². The summed E-state index contributed by atoms with van der Waals surface area (Å²) in [6.45, 7) is 2.26. The number of nitrogens with zero attached hydrogens (tertiary/aromatic N) is 2. The molecular formula is C14H23N3. The number of hydrogen-bond acceptors (Lipinski definition) is 3. The second-order valence-electron chi connectivity index (χ2n) is 5.01. The summed E-state index contributed by atoms with van der Waals surface area (Å²) in [5.74, 6) is 0.841. The Hall–Kier alpha value is -0.930. The molecule has 0 amide bonds. The van der Waals surface area contributed by atoms with Gasteiger partial charge in [0, 0.05) is 30.9 Å². The van der Waals surface area contributed by atoms with Crippen LogP contribution in [0.5, 0.6) is 0 Å². The van der Waals surface area contributed by atoms with E-state index in [4.69, 9.17) is 0 Å². The van der Waals surface area contributed by atoms with Crippen molar-refractivity contribution in [3.8, 4) is 0 Å². The zero-order valence-corrected chi connectivity index (χ0v) is 10.9. The second kappa shape index (κ2) is 6.12. The molecule has 1 fully saturated rings. The van der Waals surface area contributed by atoms with Gasteiger partial charge < -0.3 is 10.2 Å². The average Bonchev–Trinajstić information content (AvgIpc) is 2.33. The third-order valence-corrected chi connectivity index (χ3v) is 3.86. The predicted molar refractivity (Wildman–Crippen MR) is 71.0 cm³/mol. The minimum atomic E-state index is 0.770. The molecule has 1 aliphatic rings. The van der Waals surface area contributed by atoms with E-state index in [1.165, 1.54) is 18.5 Å². The highest BCUT2D eigenvalue weighted by atomic mass is 15.1. The number of nitrogens with one attached hydrogen (secondary N) is 1. The Balaban J connectivity index is 1.76. The molecule has 2 rings (SSSR count). The number of pyridine rings is 1. The summed E-state index contributed by atoms with van der Waals surface area (Å²) in [5, 5.41) is 3.29. The van der Waals surface area contributed by atoms with E-state index in [1.54, 1.807) is 0 Å². The number of aromatic nitrogens is 1. The zero-order valence-electron chi connectivity index (χ0n) is 10.9. The molecule has 0 radical (unpaired) electrons. The highest BCUT2D eigenvalue weighted by Crippen LogP contribution is 2.30. The van der Waals surface area contributed by atoms with E-state index in [9.17, 15) is 0 Å². The molecule has 2 atom stereocenters. The SMILES string of the molecule is CNCC1CCC1N(C)CCc1ccccn1. The van der Waals surface area contributed by atoms with Gasteiger partial charge in [-0.3, -0.25) is 4.98 Å². The fourth-order valence-electron chi connectivity index (χ4n) is 2.63. The van der Waals surface area contributed by atoms with Crippen LogP contribution in [0, 0.1) is 5.92 Å². The summed E-state index contributed by atoms with van der Waals surface area (Å²) in [6, 6.07) is 6.92. The van der Waals surface area contributed by atoms with Gasteiger partial charge in [-0.2, -0.15) is 0 Å². The molecule has 1 N–H and O–H groups in total. The Morgan fingerprint density at radius 3 is 2.88 bits per heavy atom. The molecule has 1 aliphatic carbocycles. The maximum Gasteiger partial charge on any atom is 0.0416 e. The molecule has 0 aliphatic heterocycles. The second-order valence-corrected chi connectivity index (χ2v) is 5.01. The van der Waals surface area contributed by atoms with E-state index in [1.807, 2.05) is 19.3 Å². The lowest BCUT2D eigenvalue weighted by Crippen LogP contribution is -2.49. The van der Waals surface area contributed by atoms with Crippen LogP contribution in [0.3, 0.4) is 0 Å². The summed E-state index contributed by atoms with van der Waals surface area (Å²) >= 11 is 0. The predicted octanol–water partition coefficient (Wildman–Crippen LogP) is 1.55. The molecule has 17 heavy (non-hydrogen) atoms. The smallest absolute Gasteiger partial charge is 0.0416 e. The molecule has 0 spiro atoms. The summed E-state index contributed by atoms with van der Waals surface area (Å²) in [7, 11) is 4.29. The maximum absolute atomic E-state index is 4.37. The van der Waals surface area contributed by atoms with Crippen molar-refractivity contribution in [1.82, 2.24) is 15.2 Å². The molecule has 0 aromatic carbocycles. The Morgan fingerprint density at radius 2 is 2.29 bits per heavy atom. The van der Waals surface area contributed by atoms with Crippen molar-refractivity contribution in [3.63, 3.8) is 0 Å². The van der Waals surface area contributed by atoms with Crippen molar-refractivity contribution in [2.75, 3.05) is 27.2 Å². The van der Waals surface area contributed by atoms with Gasteiger partial charge in [0.2, 0.25) is 0 Å². The molecule has 94 valence electrons. The molecule has 0 saturated heterocycles. The number of likely N-dealkylation sites (N-methyl/N-ethyl adjacent to an activating group) is 1. The molecule has 1 saturated carbocycles. The van der Waals surface area contributed by atoms with Gasteiger partial charge in [-0.05, 0) is 51.5 Å². The minimum absolute atomic E-state index is 0.770. The van der Waals surface area contributed by atoms with Gasteiger partial charge in [-0.1, -0.05) is 6.07 Å². The minimum Gasteiger partial charge on any atom is -0.319 e. The third-order valence-electron chi connectivity index (χ3n) is 3.86. The molecule has 2 unspecified atom stereocenters. The molecule has 1 heterocycles. The Bertz CT molecular complexity index is 325. The van der Waals surface area contributed by atoms with Crippen molar-refractivity contribution in [2.24, 2.45) is 5.92 Å². The van der Waals surface area contributed by atoms with Crippen LogP contribution in [0.4, 0.5) is 0 Å². The van der Waals surface area contributed by atoms with Crippen molar-refractivity contribution in [1.29, 1.82) is 0 Å².